The maximum atomic E-state index is 6.14. The van der Waals surface area contributed by atoms with Crippen molar-refractivity contribution in [1.82, 2.24) is 15.3 Å². The highest BCUT2D eigenvalue weighted by Crippen LogP contribution is 2.25. The number of rotatable bonds is 6. The summed E-state index contributed by atoms with van der Waals surface area (Å²) in [6.45, 7) is 5.68. The third kappa shape index (κ3) is 3.92. The molecule has 0 amide bonds. The molecule has 5 heteroatoms. The number of aromatic nitrogens is 2. The second-order valence-corrected chi connectivity index (χ2v) is 4.89. The largest absolute Gasteiger partial charge is 0.437 e. The number of nitrogens with zero attached hydrogens (tertiary/aromatic N) is 2. The van der Waals surface area contributed by atoms with Crippen molar-refractivity contribution in [3.8, 4) is 11.6 Å². The summed E-state index contributed by atoms with van der Waals surface area (Å²) < 4.78 is 5.75. The van der Waals surface area contributed by atoms with E-state index in [1.165, 1.54) is 0 Å². The number of aryl methyl sites for hydroxylation is 1. The molecule has 0 saturated heterocycles. The fourth-order valence-electron chi connectivity index (χ4n) is 1.74. The molecule has 0 bridgehead atoms. The van der Waals surface area contributed by atoms with E-state index in [1.807, 2.05) is 25.1 Å². The van der Waals surface area contributed by atoms with Crippen LogP contribution < -0.4 is 10.1 Å². The van der Waals surface area contributed by atoms with Crippen LogP contribution in [0.2, 0.25) is 5.02 Å². The fourth-order valence-corrected chi connectivity index (χ4v) is 1.91. The van der Waals surface area contributed by atoms with Crippen molar-refractivity contribution in [3.63, 3.8) is 0 Å². The van der Waals surface area contributed by atoms with E-state index in [9.17, 15) is 0 Å². The molecular weight excluding hydrogens is 274 g/mol. The van der Waals surface area contributed by atoms with Gasteiger partial charge in [-0.15, -0.1) is 0 Å². The van der Waals surface area contributed by atoms with E-state index in [1.54, 1.807) is 12.4 Å². The molecule has 1 N–H and O–H groups in total. The standard InChI is InChI=1S/C15H18ClN3O/c1-3-6-17-9-12-8-15(19-10-13(12)16)20-14-5-4-7-18-11(14)2/h4-5,7-8,10,17H,3,6,9H2,1-2H3. The van der Waals surface area contributed by atoms with E-state index >= 15 is 0 Å². The summed E-state index contributed by atoms with van der Waals surface area (Å²) >= 11 is 6.14. The Bertz CT molecular complexity index is 575. The number of pyridine rings is 2. The molecule has 0 aliphatic heterocycles. The van der Waals surface area contributed by atoms with Crippen LogP contribution >= 0.6 is 11.6 Å². The van der Waals surface area contributed by atoms with Gasteiger partial charge in [-0.2, -0.15) is 0 Å². The zero-order valence-electron chi connectivity index (χ0n) is 11.7. The third-order valence-corrected chi connectivity index (χ3v) is 3.17. The van der Waals surface area contributed by atoms with Crippen LogP contribution in [0.25, 0.3) is 0 Å². The van der Waals surface area contributed by atoms with E-state index in [-0.39, 0.29) is 0 Å². The van der Waals surface area contributed by atoms with Crippen molar-refractivity contribution in [3.05, 3.63) is 46.9 Å². The van der Waals surface area contributed by atoms with E-state index < -0.39 is 0 Å². The SMILES string of the molecule is CCCNCc1cc(Oc2cccnc2C)ncc1Cl. The predicted molar refractivity (Wildman–Crippen MR) is 80.3 cm³/mol. The van der Waals surface area contributed by atoms with Crippen LogP contribution in [-0.2, 0) is 6.54 Å². The summed E-state index contributed by atoms with van der Waals surface area (Å²) in [6, 6.07) is 5.56. The molecule has 0 radical (unpaired) electrons. The Labute approximate surface area is 124 Å². The van der Waals surface area contributed by atoms with Gasteiger partial charge in [0, 0.05) is 25.0 Å². The van der Waals surface area contributed by atoms with Gasteiger partial charge in [-0.05, 0) is 37.6 Å². The minimum atomic E-state index is 0.527. The summed E-state index contributed by atoms with van der Waals surface area (Å²) in [5.74, 6) is 1.23. The lowest BCUT2D eigenvalue weighted by atomic mass is 10.2. The molecular formula is C15H18ClN3O. The van der Waals surface area contributed by atoms with Crippen molar-refractivity contribution in [2.75, 3.05) is 6.54 Å². The van der Waals surface area contributed by atoms with Gasteiger partial charge in [-0.25, -0.2) is 4.98 Å². The molecule has 2 rings (SSSR count). The molecule has 0 unspecified atom stereocenters. The zero-order chi connectivity index (χ0) is 14.4. The second-order valence-electron chi connectivity index (χ2n) is 4.48. The van der Waals surface area contributed by atoms with Gasteiger partial charge < -0.3 is 10.1 Å². The maximum Gasteiger partial charge on any atom is 0.219 e. The molecule has 2 aromatic heterocycles. The number of nitrogens with one attached hydrogen (secondary N) is 1. The lowest BCUT2D eigenvalue weighted by molar-refractivity contribution is 0.455. The van der Waals surface area contributed by atoms with Crippen molar-refractivity contribution < 1.29 is 4.74 Å². The van der Waals surface area contributed by atoms with Gasteiger partial charge in [0.2, 0.25) is 5.88 Å². The minimum Gasteiger partial charge on any atom is -0.437 e. The van der Waals surface area contributed by atoms with Crippen LogP contribution in [-0.4, -0.2) is 16.5 Å². The molecule has 0 atom stereocenters. The van der Waals surface area contributed by atoms with Crippen molar-refractivity contribution >= 4 is 11.6 Å². The van der Waals surface area contributed by atoms with Gasteiger partial charge in [0.1, 0.15) is 0 Å². The van der Waals surface area contributed by atoms with Gasteiger partial charge in [-0.3, -0.25) is 4.98 Å². The maximum absolute atomic E-state index is 6.14. The second kappa shape index (κ2) is 7.22. The predicted octanol–water partition coefficient (Wildman–Crippen LogP) is 3.73. The summed E-state index contributed by atoms with van der Waals surface area (Å²) in [5, 5.41) is 3.96. The van der Waals surface area contributed by atoms with E-state index in [4.69, 9.17) is 16.3 Å². The van der Waals surface area contributed by atoms with Crippen LogP contribution in [0.5, 0.6) is 11.6 Å². The Morgan fingerprint density at radius 3 is 2.95 bits per heavy atom. The number of ether oxygens (including phenoxy) is 1. The number of hydrogen-bond acceptors (Lipinski definition) is 4. The van der Waals surface area contributed by atoms with Gasteiger partial charge in [-0.1, -0.05) is 18.5 Å². The van der Waals surface area contributed by atoms with Crippen molar-refractivity contribution in [2.24, 2.45) is 0 Å². The molecule has 2 aromatic rings. The van der Waals surface area contributed by atoms with Gasteiger partial charge >= 0.3 is 0 Å². The first kappa shape index (κ1) is 14.8. The average Bonchev–Trinajstić information content (AvgIpc) is 2.45. The Morgan fingerprint density at radius 2 is 2.20 bits per heavy atom. The molecule has 4 nitrogen and oxygen atoms in total. The molecule has 0 aliphatic carbocycles. The number of halogens is 1. The van der Waals surface area contributed by atoms with Gasteiger partial charge in [0.15, 0.2) is 5.75 Å². The topological polar surface area (TPSA) is 47.0 Å². The Balaban J connectivity index is 2.13. The van der Waals surface area contributed by atoms with Crippen LogP contribution in [0.4, 0.5) is 0 Å². The van der Waals surface area contributed by atoms with Crippen LogP contribution in [0, 0.1) is 6.92 Å². The third-order valence-electron chi connectivity index (χ3n) is 2.82. The first-order chi connectivity index (χ1) is 9.70. The molecule has 0 aromatic carbocycles. The average molecular weight is 292 g/mol. The molecule has 2 heterocycles. The van der Waals surface area contributed by atoms with Gasteiger partial charge in [0.05, 0.1) is 10.7 Å². The summed E-state index contributed by atoms with van der Waals surface area (Å²) in [4.78, 5) is 8.38. The monoisotopic (exact) mass is 291 g/mol. The molecule has 106 valence electrons. The summed E-state index contributed by atoms with van der Waals surface area (Å²) in [7, 11) is 0. The fraction of sp³-hybridized carbons (Fsp3) is 0.333. The first-order valence-electron chi connectivity index (χ1n) is 6.65. The molecule has 0 aliphatic rings. The molecule has 0 fully saturated rings. The summed E-state index contributed by atoms with van der Waals surface area (Å²) in [5.41, 5.74) is 1.81. The van der Waals surface area contributed by atoms with Crippen LogP contribution in [0.1, 0.15) is 24.6 Å². The molecule has 0 saturated carbocycles. The summed E-state index contributed by atoms with van der Waals surface area (Å²) in [6.07, 6.45) is 4.43. The smallest absolute Gasteiger partial charge is 0.219 e. The Hall–Kier alpha value is -1.65. The Kier molecular flexibility index (Phi) is 5.32. The molecule has 20 heavy (non-hydrogen) atoms. The lowest BCUT2D eigenvalue weighted by Crippen LogP contribution is -2.14. The van der Waals surface area contributed by atoms with Crippen molar-refractivity contribution in [2.45, 2.75) is 26.8 Å². The highest BCUT2D eigenvalue weighted by molar-refractivity contribution is 6.31. The van der Waals surface area contributed by atoms with Crippen molar-refractivity contribution in [1.29, 1.82) is 0 Å². The lowest BCUT2D eigenvalue weighted by Gasteiger charge is -2.10. The highest BCUT2D eigenvalue weighted by Gasteiger charge is 2.07. The van der Waals surface area contributed by atoms with E-state index in [2.05, 4.69) is 22.2 Å². The van der Waals surface area contributed by atoms with Crippen LogP contribution in [0.3, 0.4) is 0 Å². The normalized spacial score (nSPS) is 10.6. The highest BCUT2D eigenvalue weighted by atomic mass is 35.5. The Morgan fingerprint density at radius 1 is 1.35 bits per heavy atom. The van der Waals surface area contributed by atoms with E-state index in [0.29, 0.717) is 23.2 Å². The quantitative estimate of drug-likeness (QED) is 0.824. The molecule has 0 spiro atoms. The number of hydrogen-bond donors (Lipinski definition) is 1. The van der Waals surface area contributed by atoms with Gasteiger partial charge in [0.25, 0.3) is 0 Å². The van der Waals surface area contributed by atoms with Crippen LogP contribution in [0.15, 0.2) is 30.6 Å². The zero-order valence-corrected chi connectivity index (χ0v) is 12.4. The van der Waals surface area contributed by atoms with E-state index in [0.717, 1.165) is 24.2 Å². The minimum absolute atomic E-state index is 0.527. The first-order valence-corrected chi connectivity index (χ1v) is 7.03.